The van der Waals surface area contributed by atoms with Crippen LogP contribution in [0.2, 0.25) is 0 Å². The van der Waals surface area contributed by atoms with Gasteiger partial charge in [-0.15, -0.1) is 0 Å². The fraction of sp³-hybridized carbons (Fsp3) is 0.296. The summed E-state index contributed by atoms with van der Waals surface area (Å²) in [5.41, 5.74) is 7.01. The van der Waals surface area contributed by atoms with Crippen molar-refractivity contribution in [2.45, 2.75) is 32.1 Å². The molecule has 0 aromatic carbocycles. The fourth-order valence-electron chi connectivity index (χ4n) is 5.08. The molecule has 2 fully saturated rings. The predicted octanol–water partition coefficient (Wildman–Crippen LogP) is 4.90. The molecule has 5 aromatic rings. The maximum Gasteiger partial charge on any atom is 0.227 e. The second kappa shape index (κ2) is 8.44. The van der Waals surface area contributed by atoms with Crippen LogP contribution >= 0.6 is 0 Å². The lowest BCUT2D eigenvalue weighted by molar-refractivity contribution is -0.117. The van der Waals surface area contributed by atoms with Crippen molar-refractivity contribution in [2.24, 2.45) is 5.92 Å². The van der Waals surface area contributed by atoms with Gasteiger partial charge in [-0.1, -0.05) is 0 Å². The molecule has 0 atom stereocenters. The molecule has 3 N–H and O–H groups in total. The van der Waals surface area contributed by atoms with Gasteiger partial charge in [-0.05, 0) is 56.4 Å². The maximum atomic E-state index is 12.2. The van der Waals surface area contributed by atoms with Crippen LogP contribution in [0.3, 0.4) is 0 Å². The molecule has 1 aliphatic carbocycles. The highest BCUT2D eigenvalue weighted by molar-refractivity contribution is 5.99. The zero-order chi connectivity index (χ0) is 24.1. The summed E-state index contributed by atoms with van der Waals surface area (Å²) < 4.78 is 0. The second-order valence-corrected chi connectivity index (χ2v) is 9.74. The smallest absolute Gasteiger partial charge is 0.227 e. The van der Waals surface area contributed by atoms with Gasteiger partial charge >= 0.3 is 0 Å². The van der Waals surface area contributed by atoms with Crippen LogP contribution < -0.4 is 10.2 Å². The molecular weight excluding hydrogens is 452 g/mol. The van der Waals surface area contributed by atoms with Gasteiger partial charge in [0.2, 0.25) is 5.91 Å². The van der Waals surface area contributed by atoms with E-state index in [9.17, 15) is 4.79 Å². The quantitative estimate of drug-likeness (QED) is 0.331. The first-order valence-electron chi connectivity index (χ1n) is 12.6. The largest absolute Gasteiger partial charge is 0.371 e. The van der Waals surface area contributed by atoms with E-state index in [0.717, 1.165) is 64.9 Å². The van der Waals surface area contributed by atoms with Gasteiger partial charge in [0.25, 0.3) is 0 Å². The van der Waals surface area contributed by atoms with Crippen molar-refractivity contribution in [3.8, 4) is 22.5 Å². The Labute approximate surface area is 207 Å². The SMILES string of the molecule is O=C(Nc1cncc(-c2cnc3n[nH]c(-c4cc5c(N6CCCCC6)ccnc5[nH]4)c3c2)c1)C1CC1. The molecule has 0 bridgehead atoms. The Hall–Kier alpha value is -4.27. The van der Waals surface area contributed by atoms with Crippen LogP contribution in [0.4, 0.5) is 11.4 Å². The van der Waals surface area contributed by atoms with Crippen molar-refractivity contribution in [1.29, 1.82) is 0 Å². The molecule has 1 amide bonds. The molecule has 9 heteroatoms. The van der Waals surface area contributed by atoms with Gasteiger partial charge in [-0.25, -0.2) is 9.97 Å². The van der Waals surface area contributed by atoms with Gasteiger partial charge in [-0.2, -0.15) is 5.10 Å². The number of anilines is 2. The number of aromatic amines is 2. The molecule has 1 saturated heterocycles. The first kappa shape index (κ1) is 21.0. The number of hydrogen-bond donors (Lipinski definition) is 3. The molecule has 6 heterocycles. The zero-order valence-electron chi connectivity index (χ0n) is 19.8. The highest BCUT2D eigenvalue weighted by Crippen LogP contribution is 2.35. The Balaban J connectivity index is 1.25. The van der Waals surface area contributed by atoms with E-state index < -0.39 is 0 Å². The summed E-state index contributed by atoms with van der Waals surface area (Å²) >= 11 is 0. The van der Waals surface area contributed by atoms with Crippen molar-refractivity contribution in [2.75, 3.05) is 23.3 Å². The van der Waals surface area contributed by atoms with Crippen LogP contribution in [0, 0.1) is 5.92 Å². The number of nitrogens with one attached hydrogen (secondary N) is 3. The third kappa shape index (κ3) is 3.77. The number of nitrogens with zero attached hydrogens (tertiary/aromatic N) is 5. The number of H-pyrrole nitrogens is 2. The fourth-order valence-corrected chi connectivity index (χ4v) is 5.08. The Morgan fingerprint density at radius 2 is 1.83 bits per heavy atom. The Morgan fingerprint density at radius 1 is 0.972 bits per heavy atom. The van der Waals surface area contributed by atoms with Crippen LogP contribution in [0.5, 0.6) is 0 Å². The van der Waals surface area contributed by atoms with Gasteiger partial charge in [0.1, 0.15) is 5.65 Å². The second-order valence-electron chi connectivity index (χ2n) is 9.74. The summed E-state index contributed by atoms with van der Waals surface area (Å²) in [6.45, 7) is 2.15. The molecule has 5 aromatic heterocycles. The molecule has 7 rings (SSSR count). The van der Waals surface area contributed by atoms with Crippen molar-refractivity contribution in [3.05, 3.63) is 49.1 Å². The van der Waals surface area contributed by atoms with Crippen molar-refractivity contribution in [3.63, 3.8) is 0 Å². The van der Waals surface area contributed by atoms with E-state index in [2.05, 4.69) is 58.5 Å². The first-order valence-corrected chi connectivity index (χ1v) is 12.6. The number of aromatic nitrogens is 6. The topological polar surface area (TPSA) is 115 Å². The van der Waals surface area contributed by atoms with Gasteiger partial charge in [0, 0.05) is 65.2 Å². The van der Waals surface area contributed by atoms with E-state index in [1.165, 1.54) is 24.9 Å². The Kier molecular flexibility index (Phi) is 4.93. The van der Waals surface area contributed by atoms with Gasteiger partial charge in [0.15, 0.2) is 5.65 Å². The number of amides is 1. The molecular formula is C27H26N8O. The van der Waals surface area contributed by atoms with Gasteiger partial charge in [0.05, 0.1) is 23.3 Å². The molecule has 2 aliphatic rings. The van der Waals surface area contributed by atoms with E-state index in [1.807, 2.05) is 12.3 Å². The number of hydrogen-bond acceptors (Lipinski definition) is 6. The first-order chi connectivity index (χ1) is 17.7. The van der Waals surface area contributed by atoms with Crippen LogP contribution in [0.25, 0.3) is 44.6 Å². The lowest BCUT2D eigenvalue weighted by Crippen LogP contribution is -2.29. The number of piperidine rings is 1. The summed E-state index contributed by atoms with van der Waals surface area (Å²) in [4.78, 5) is 31.6. The minimum Gasteiger partial charge on any atom is -0.371 e. The molecule has 9 nitrogen and oxygen atoms in total. The molecule has 180 valence electrons. The maximum absolute atomic E-state index is 12.2. The highest BCUT2D eigenvalue weighted by atomic mass is 16.2. The van der Waals surface area contributed by atoms with Gasteiger partial charge < -0.3 is 15.2 Å². The van der Waals surface area contributed by atoms with Crippen molar-refractivity contribution < 1.29 is 4.79 Å². The molecule has 1 aliphatic heterocycles. The zero-order valence-corrected chi connectivity index (χ0v) is 19.8. The molecule has 36 heavy (non-hydrogen) atoms. The number of rotatable bonds is 5. The third-order valence-corrected chi connectivity index (χ3v) is 7.17. The average Bonchev–Trinajstić information content (AvgIpc) is 3.55. The summed E-state index contributed by atoms with van der Waals surface area (Å²) in [5.74, 6) is 0.206. The minimum atomic E-state index is 0.0657. The van der Waals surface area contributed by atoms with Crippen molar-refractivity contribution >= 4 is 39.3 Å². The normalized spacial score (nSPS) is 16.1. The van der Waals surface area contributed by atoms with E-state index >= 15 is 0 Å². The average molecular weight is 479 g/mol. The number of pyridine rings is 3. The number of carbonyl (C=O) groups excluding carboxylic acids is 1. The lowest BCUT2D eigenvalue weighted by atomic mass is 10.1. The molecule has 0 spiro atoms. The summed E-state index contributed by atoms with van der Waals surface area (Å²) in [6.07, 6.45) is 12.8. The van der Waals surface area contributed by atoms with Crippen LogP contribution in [-0.2, 0) is 4.79 Å². The van der Waals surface area contributed by atoms with Crippen LogP contribution in [-0.4, -0.2) is 49.1 Å². The molecule has 0 radical (unpaired) electrons. The Bertz CT molecular complexity index is 1590. The predicted molar refractivity (Wildman–Crippen MR) is 140 cm³/mol. The monoisotopic (exact) mass is 478 g/mol. The highest BCUT2D eigenvalue weighted by Gasteiger charge is 2.29. The Morgan fingerprint density at radius 3 is 2.69 bits per heavy atom. The van der Waals surface area contributed by atoms with Crippen molar-refractivity contribution in [1.82, 2.24) is 30.1 Å². The van der Waals surface area contributed by atoms with E-state index in [4.69, 9.17) is 0 Å². The summed E-state index contributed by atoms with van der Waals surface area (Å²) in [5, 5.41) is 12.6. The van der Waals surface area contributed by atoms with E-state index in [1.54, 1.807) is 18.6 Å². The summed E-state index contributed by atoms with van der Waals surface area (Å²) in [6, 6.07) is 8.27. The van der Waals surface area contributed by atoms with Crippen LogP contribution in [0.1, 0.15) is 32.1 Å². The summed E-state index contributed by atoms with van der Waals surface area (Å²) in [7, 11) is 0. The standard InChI is InChI=1S/C27H26N8O/c36-27(16-4-5-16)31-19-10-17(13-28-15-19)18-11-21-24(33-34-26(21)30-14-18)22-12-20-23(6-7-29-25(20)32-22)35-8-2-1-3-9-35/h6-7,10-16H,1-5,8-9H2,(H,29,32)(H,31,36)(H,30,33,34). The lowest BCUT2D eigenvalue weighted by Gasteiger charge is -2.29. The number of fused-ring (bicyclic) bond motifs is 2. The number of carbonyl (C=O) groups is 1. The molecule has 1 saturated carbocycles. The van der Waals surface area contributed by atoms with E-state index in [-0.39, 0.29) is 11.8 Å². The van der Waals surface area contributed by atoms with Gasteiger partial charge in [-0.3, -0.25) is 14.9 Å². The van der Waals surface area contributed by atoms with E-state index in [0.29, 0.717) is 11.3 Å². The van der Waals surface area contributed by atoms with Crippen LogP contribution in [0.15, 0.2) is 49.1 Å². The third-order valence-electron chi connectivity index (χ3n) is 7.17. The minimum absolute atomic E-state index is 0.0657. The molecule has 0 unspecified atom stereocenters.